The van der Waals surface area contributed by atoms with Gasteiger partial charge in [-0.15, -0.1) is 0 Å². The number of rotatable bonds is 4. The first-order chi connectivity index (χ1) is 10.3. The highest BCUT2D eigenvalue weighted by Gasteiger charge is 2.85. The Bertz CT molecular complexity index is 687. The number of hydrogen-bond acceptors (Lipinski definition) is 4. The van der Waals surface area contributed by atoms with Gasteiger partial charge in [-0.25, -0.2) is 4.98 Å². The van der Waals surface area contributed by atoms with Crippen LogP contribution in [0.3, 0.4) is 0 Å². The maximum absolute atomic E-state index is 5.78. The predicted octanol–water partition coefficient (Wildman–Crippen LogP) is 1.97. The van der Waals surface area contributed by atoms with Gasteiger partial charge in [-0.1, -0.05) is 30.3 Å². The minimum absolute atomic E-state index is 0.409. The second-order valence-electron chi connectivity index (χ2n) is 6.36. The van der Waals surface area contributed by atoms with E-state index in [0.717, 1.165) is 24.7 Å². The van der Waals surface area contributed by atoms with E-state index in [1.807, 2.05) is 30.5 Å². The Balaban J connectivity index is 1.26. The standard InChI is InChI=1S/C17H17N3O/c1-2-4-13(5-3-1)9-21-14-6-7-15(18-8-14)20-12-16-10-17(16,20)11-19-16/h1-8,19H,9-12H2/t16?,17-/m1/s1. The van der Waals surface area contributed by atoms with Crippen molar-refractivity contribution in [1.82, 2.24) is 10.3 Å². The van der Waals surface area contributed by atoms with Crippen LogP contribution in [0.5, 0.6) is 5.75 Å². The van der Waals surface area contributed by atoms with Crippen LogP contribution in [0.25, 0.3) is 0 Å². The zero-order chi connectivity index (χ0) is 13.9. The van der Waals surface area contributed by atoms with Gasteiger partial charge in [-0.2, -0.15) is 0 Å². The van der Waals surface area contributed by atoms with Gasteiger partial charge in [0.2, 0.25) is 0 Å². The highest BCUT2D eigenvalue weighted by atomic mass is 16.5. The Labute approximate surface area is 123 Å². The lowest BCUT2D eigenvalue weighted by Crippen LogP contribution is -2.78. The molecule has 1 aliphatic carbocycles. The fourth-order valence-corrected chi connectivity index (χ4v) is 3.82. The summed E-state index contributed by atoms with van der Waals surface area (Å²) >= 11 is 0. The highest BCUT2D eigenvalue weighted by molar-refractivity contribution is 5.64. The van der Waals surface area contributed by atoms with Crippen LogP contribution in [-0.2, 0) is 6.61 Å². The molecule has 0 spiro atoms. The highest BCUT2D eigenvalue weighted by Crippen LogP contribution is 2.67. The number of pyridine rings is 1. The van der Waals surface area contributed by atoms with Crippen molar-refractivity contribution in [3.05, 3.63) is 54.2 Å². The number of nitrogens with one attached hydrogen (secondary N) is 1. The first kappa shape index (κ1) is 11.6. The molecule has 1 aromatic heterocycles. The second-order valence-corrected chi connectivity index (χ2v) is 6.36. The Morgan fingerprint density at radius 2 is 2.10 bits per heavy atom. The third kappa shape index (κ3) is 1.45. The van der Waals surface area contributed by atoms with Gasteiger partial charge >= 0.3 is 0 Å². The van der Waals surface area contributed by atoms with Crippen molar-refractivity contribution in [2.75, 3.05) is 18.0 Å². The summed E-state index contributed by atoms with van der Waals surface area (Å²) in [5.41, 5.74) is 2.04. The van der Waals surface area contributed by atoms with Crippen LogP contribution in [-0.4, -0.2) is 29.2 Å². The summed E-state index contributed by atoms with van der Waals surface area (Å²) in [6.45, 7) is 2.80. The van der Waals surface area contributed by atoms with E-state index in [9.17, 15) is 0 Å². The molecule has 0 amide bonds. The third-order valence-corrected chi connectivity index (χ3v) is 5.27. The monoisotopic (exact) mass is 279 g/mol. The van der Waals surface area contributed by atoms with Crippen molar-refractivity contribution in [2.24, 2.45) is 0 Å². The maximum Gasteiger partial charge on any atom is 0.138 e. The van der Waals surface area contributed by atoms with Crippen LogP contribution in [0.15, 0.2) is 48.7 Å². The molecule has 2 aromatic rings. The number of benzene rings is 1. The maximum atomic E-state index is 5.78. The van der Waals surface area contributed by atoms with E-state index < -0.39 is 0 Å². The van der Waals surface area contributed by atoms with Gasteiger partial charge in [0.15, 0.2) is 0 Å². The molecule has 0 bridgehead atoms. The van der Waals surface area contributed by atoms with Gasteiger partial charge in [0.25, 0.3) is 0 Å². The molecular weight excluding hydrogens is 262 g/mol. The lowest BCUT2D eigenvalue weighted by atomic mass is 9.89. The number of nitrogens with zero attached hydrogens (tertiary/aromatic N) is 2. The molecule has 0 radical (unpaired) electrons. The Kier molecular flexibility index (Phi) is 2.08. The third-order valence-electron chi connectivity index (χ3n) is 5.27. The normalized spacial score (nSPS) is 31.5. The van der Waals surface area contributed by atoms with Crippen LogP contribution < -0.4 is 15.0 Å². The van der Waals surface area contributed by atoms with Gasteiger partial charge in [0, 0.05) is 13.1 Å². The molecular formula is C17H17N3O. The molecule has 2 aliphatic heterocycles. The molecule has 3 heterocycles. The molecule has 21 heavy (non-hydrogen) atoms. The summed E-state index contributed by atoms with van der Waals surface area (Å²) in [7, 11) is 0. The second kappa shape index (κ2) is 3.77. The number of hydrogen-bond donors (Lipinski definition) is 1. The fourth-order valence-electron chi connectivity index (χ4n) is 3.82. The number of aromatic nitrogens is 1. The van der Waals surface area contributed by atoms with Gasteiger partial charge in [-0.3, -0.25) is 0 Å². The van der Waals surface area contributed by atoms with Gasteiger partial charge in [0.1, 0.15) is 18.2 Å². The fraction of sp³-hybridized carbons (Fsp3) is 0.353. The molecule has 3 aliphatic rings. The summed E-state index contributed by atoms with van der Waals surface area (Å²) in [5, 5.41) is 3.54. The zero-order valence-corrected chi connectivity index (χ0v) is 11.7. The summed E-state index contributed by atoms with van der Waals surface area (Å²) in [5.74, 6) is 1.91. The first-order valence-corrected chi connectivity index (χ1v) is 7.47. The molecule has 2 atom stereocenters. The lowest BCUT2D eigenvalue weighted by molar-refractivity contribution is 0.211. The van der Waals surface area contributed by atoms with Crippen LogP contribution in [0, 0.1) is 0 Å². The molecule has 1 unspecified atom stereocenters. The average molecular weight is 279 g/mol. The van der Waals surface area contributed by atoms with E-state index in [4.69, 9.17) is 4.74 Å². The van der Waals surface area contributed by atoms with E-state index in [2.05, 4.69) is 33.4 Å². The largest absolute Gasteiger partial charge is 0.487 e. The summed E-state index contributed by atoms with van der Waals surface area (Å²) in [4.78, 5) is 7.01. The van der Waals surface area contributed by atoms with Crippen LogP contribution in [0.2, 0.25) is 0 Å². The van der Waals surface area contributed by atoms with Crippen molar-refractivity contribution in [3.63, 3.8) is 0 Å². The number of anilines is 1. The minimum Gasteiger partial charge on any atom is -0.487 e. The van der Waals surface area contributed by atoms with Crippen molar-refractivity contribution in [3.8, 4) is 5.75 Å². The molecule has 106 valence electrons. The SMILES string of the molecule is c1ccc(COc2ccc(N3CC45C[C@]34CN5)nc2)cc1. The van der Waals surface area contributed by atoms with Crippen LogP contribution >= 0.6 is 0 Å². The summed E-state index contributed by atoms with van der Waals surface area (Å²) in [6.07, 6.45) is 3.12. The topological polar surface area (TPSA) is 37.4 Å². The average Bonchev–Trinajstić information content (AvgIpc) is 2.91. The van der Waals surface area contributed by atoms with E-state index >= 15 is 0 Å². The van der Waals surface area contributed by atoms with Crippen molar-refractivity contribution >= 4 is 5.82 Å². The summed E-state index contributed by atoms with van der Waals surface area (Å²) < 4.78 is 5.78. The van der Waals surface area contributed by atoms with Gasteiger partial charge < -0.3 is 15.0 Å². The van der Waals surface area contributed by atoms with Crippen molar-refractivity contribution < 1.29 is 4.74 Å². The van der Waals surface area contributed by atoms with Crippen LogP contribution in [0.4, 0.5) is 5.82 Å². The Morgan fingerprint density at radius 3 is 2.67 bits per heavy atom. The molecule has 3 fully saturated rings. The van der Waals surface area contributed by atoms with Gasteiger partial charge in [-0.05, 0) is 24.1 Å². The number of piperazine rings is 1. The van der Waals surface area contributed by atoms with Gasteiger partial charge in [0.05, 0.1) is 17.3 Å². The Morgan fingerprint density at radius 1 is 1.19 bits per heavy atom. The molecule has 4 heteroatoms. The van der Waals surface area contributed by atoms with E-state index in [1.165, 1.54) is 12.0 Å². The molecule has 2 saturated heterocycles. The molecule has 1 N–H and O–H groups in total. The zero-order valence-electron chi connectivity index (χ0n) is 11.7. The molecule has 5 rings (SSSR count). The van der Waals surface area contributed by atoms with E-state index in [0.29, 0.717) is 17.7 Å². The summed E-state index contributed by atoms with van der Waals surface area (Å²) in [6, 6.07) is 14.3. The van der Waals surface area contributed by atoms with E-state index in [1.54, 1.807) is 0 Å². The first-order valence-electron chi connectivity index (χ1n) is 7.47. The predicted molar refractivity (Wildman–Crippen MR) is 80.4 cm³/mol. The van der Waals surface area contributed by atoms with Crippen molar-refractivity contribution in [2.45, 2.75) is 24.1 Å². The molecule has 1 saturated carbocycles. The Hall–Kier alpha value is -2.07. The number of ether oxygens (including phenoxy) is 1. The molecule has 4 nitrogen and oxygen atoms in total. The van der Waals surface area contributed by atoms with E-state index in [-0.39, 0.29) is 0 Å². The quantitative estimate of drug-likeness (QED) is 0.928. The van der Waals surface area contributed by atoms with Crippen LogP contribution in [0.1, 0.15) is 12.0 Å². The van der Waals surface area contributed by atoms with Crippen molar-refractivity contribution in [1.29, 1.82) is 0 Å². The smallest absolute Gasteiger partial charge is 0.138 e. The lowest BCUT2D eigenvalue weighted by Gasteiger charge is -2.55. The molecule has 1 aromatic carbocycles. The minimum atomic E-state index is 0.409.